The van der Waals surface area contributed by atoms with E-state index in [9.17, 15) is 14.0 Å². The maximum atomic E-state index is 13.7. The first-order valence-corrected chi connectivity index (χ1v) is 6.69. The van der Waals surface area contributed by atoms with E-state index in [2.05, 4.69) is 0 Å². The van der Waals surface area contributed by atoms with Crippen LogP contribution < -0.4 is 0 Å². The van der Waals surface area contributed by atoms with Crippen molar-refractivity contribution in [2.45, 2.75) is 19.8 Å². The van der Waals surface area contributed by atoms with Crippen LogP contribution in [0.5, 0.6) is 0 Å². The molecule has 2 rings (SSSR count). The molecule has 0 radical (unpaired) electrons. The van der Waals surface area contributed by atoms with Crippen LogP contribution in [0.25, 0.3) is 0 Å². The summed E-state index contributed by atoms with van der Waals surface area (Å²) in [6.07, 6.45) is 0.729. The number of carbonyl (C=O) groups is 2. The zero-order valence-electron chi connectivity index (χ0n) is 11.0. The van der Waals surface area contributed by atoms with E-state index in [0.29, 0.717) is 25.9 Å². The monoisotopic (exact) mass is 299 g/mol. The van der Waals surface area contributed by atoms with Crippen LogP contribution in [0.15, 0.2) is 18.2 Å². The van der Waals surface area contributed by atoms with Crippen molar-refractivity contribution in [1.29, 1.82) is 0 Å². The van der Waals surface area contributed by atoms with Gasteiger partial charge in [-0.05, 0) is 38.0 Å². The minimum Gasteiger partial charge on any atom is -0.481 e. The van der Waals surface area contributed by atoms with Crippen LogP contribution in [0, 0.1) is 11.2 Å². The molecule has 4 nitrogen and oxygen atoms in total. The van der Waals surface area contributed by atoms with Crippen molar-refractivity contribution in [3.05, 3.63) is 34.6 Å². The van der Waals surface area contributed by atoms with E-state index >= 15 is 0 Å². The SMILES string of the molecule is CC1(C(=O)O)CCN(C(=O)c2ccc(Cl)cc2F)CC1. The highest BCUT2D eigenvalue weighted by atomic mass is 35.5. The van der Waals surface area contributed by atoms with Crippen LogP contribution in [0.2, 0.25) is 5.02 Å². The second kappa shape index (κ2) is 5.40. The molecule has 20 heavy (non-hydrogen) atoms. The molecular formula is C14H15ClFNO3. The Labute approximate surface area is 121 Å². The van der Waals surface area contributed by atoms with E-state index < -0.39 is 23.1 Å². The molecule has 0 aromatic heterocycles. The molecule has 1 heterocycles. The average molecular weight is 300 g/mol. The number of carboxylic acid groups (broad SMARTS) is 1. The Bertz CT molecular complexity index is 553. The van der Waals surface area contributed by atoms with Crippen LogP contribution in [-0.4, -0.2) is 35.0 Å². The molecule has 1 aromatic carbocycles. The van der Waals surface area contributed by atoms with Gasteiger partial charge < -0.3 is 10.0 Å². The topological polar surface area (TPSA) is 57.6 Å². The number of piperidine rings is 1. The predicted molar refractivity (Wildman–Crippen MR) is 72.3 cm³/mol. The number of amides is 1. The number of rotatable bonds is 2. The Kier molecular flexibility index (Phi) is 3.99. The number of likely N-dealkylation sites (tertiary alicyclic amines) is 1. The summed E-state index contributed by atoms with van der Waals surface area (Å²) in [5.41, 5.74) is -0.844. The molecule has 0 bridgehead atoms. The lowest BCUT2D eigenvalue weighted by molar-refractivity contribution is -0.150. The van der Waals surface area contributed by atoms with Crippen LogP contribution in [0.1, 0.15) is 30.1 Å². The summed E-state index contributed by atoms with van der Waals surface area (Å²) >= 11 is 5.65. The van der Waals surface area contributed by atoms with E-state index in [-0.39, 0.29) is 10.6 Å². The third-order valence-corrected chi connectivity index (χ3v) is 4.07. The summed E-state index contributed by atoms with van der Waals surface area (Å²) in [6.45, 7) is 2.29. The van der Waals surface area contributed by atoms with Crippen molar-refractivity contribution in [1.82, 2.24) is 4.90 Å². The molecule has 1 aromatic rings. The predicted octanol–water partition coefficient (Wildman–Crippen LogP) is 2.81. The Balaban J connectivity index is 2.11. The zero-order chi connectivity index (χ0) is 14.9. The molecular weight excluding hydrogens is 285 g/mol. The first kappa shape index (κ1) is 14.8. The normalized spacial score (nSPS) is 17.9. The highest BCUT2D eigenvalue weighted by Crippen LogP contribution is 2.31. The second-order valence-electron chi connectivity index (χ2n) is 5.28. The smallest absolute Gasteiger partial charge is 0.309 e. The van der Waals surface area contributed by atoms with Gasteiger partial charge in [-0.2, -0.15) is 0 Å². The number of aliphatic carboxylic acids is 1. The molecule has 1 fully saturated rings. The molecule has 0 saturated carbocycles. The van der Waals surface area contributed by atoms with E-state index in [1.165, 1.54) is 17.0 Å². The zero-order valence-corrected chi connectivity index (χ0v) is 11.8. The minimum absolute atomic E-state index is 0.0340. The van der Waals surface area contributed by atoms with E-state index in [1.807, 2.05) is 0 Å². The number of carbonyl (C=O) groups excluding carboxylic acids is 1. The van der Waals surface area contributed by atoms with Gasteiger partial charge in [0.2, 0.25) is 0 Å². The van der Waals surface area contributed by atoms with Crippen molar-refractivity contribution in [3.8, 4) is 0 Å². The molecule has 1 aliphatic heterocycles. The average Bonchev–Trinajstić information content (AvgIpc) is 2.38. The van der Waals surface area contributed by atoms with Gasteiger partial charge in [-0.1, -0.05) is 11.6 Å². The van der Waals surface area contributed by atoms with Gasteiger partial charge in [0.15, 0.2) is 0 Å². The summed E-state index contributed by atoms with van der Waals surface area (Å²) in [5, 5.41) is 9.37. The van der Waals surface area contributed by atoms with Crippen LogP contribution in [0.3, 0.4) is 0 Å². The van der Waals surface area contributed by atoms with Gasteiger partial charge in [-0.25, -0.2) is 4.39 Å². The number of carboxylic acids is 1. The second-order valence-corrected chi connectivity index (χ2v) is 5.72. The molecule has 0 unspecified atom stereocenters. The maximum Gasteiger partial charge on any atom is 0.309 e. The summed E-state index contributed by atoms with van der Waals surface area (Å²) in [7, 11) is 0. The quantitative estimate of drug-likeness (QED) is 0.913. The molecule has 1 N–H and O–H groups in total. The standard InChI is InChI=1S/C14H15ClFNO3/c1-14(13(19)20)4-6-17(7-5-14)12(18)10-3-2-9(15)8-11(10)16/h2-3,8H,4-7H2,1H3,(H,19,20). The molecule has 1 aliphatic rings. The third kappa shape index (κ3) is 2.77. The summed E-state index contributed by atoms with van der Waals surface area (Å²) < 4.78 is 13.7. The first-order valence-electron chi connectivity index (χ1n) is 6.31. The number of hydrogen-bond donors (Lipinski definition) is 1. The van der Waals surface area contributed by atoms with Crippen molar-refractivity contribution in [3.63, 3.8) is 0 Å². The largest absolute Gasteiger partial charge is 0.481 e. The Morgan fingerprint density at radius 2 is 1.95 bits per heavy atom. The minimum atomic E-state index is -0.859. The molecule has 1 amide bonds. The fraction of sp³-hybridized carbons (Fsp3) is 0.429. The Hall–Kier alpha value is -1.62. The fourth-order valence-corrected chi connectivity index (χ4v) is 2.41. The van der Waals surface area contributed by atoms with Crippen molar-refractivity contribution >= 4 is 23.5 Å². The van der Waals surface area contributed by atoms with Crippen molar-refractivity contribution in [2.75, 3.05) is 13.1 Å². The van der Waals surface area contributed by atoms with Crippen LogP contribution in [0.4, 0.5) is 4.39 Å². The van der Waals surface area contributed by atoms with Crippen LogP contribution >= 0.6 is 11.6 Å². The van der Waals surface area contributed by atoms with Crippen molar-refractivity contribution in [2.24, 2.45) is 5.41 Å². The molecule has 108 valence electrons. The number of halogens is 2. The highest BCUT2D eigenvalue weighted by molar-refractivity contribution is 6.30. The van der Waals surface area contributed by atoms with Gasteiger partial charge >= 0.3 is 5.97 Å². The summed E-state index contributed by atoms with van der Waals surface area (Å²) in [4.78, 5) is 24.8. The third-order valence-electron chi connectivity index (χ3n) is 3.83. The van der Waals surface area contributed by atoms with E-state index in [0.717, 1.165) is 6.07 Å². The molecule has 0 atom stereocenters. The lowest BCUT2D eigenvalue weighted by Gasteiger charge is -2.36. The fourth-order valence-electron chi connectivity index (χ4n) is 2.25. The molecule has 1 saturated heterocycles. The van der Waals surface area contributed by atoms with Crippen molar-refractivity contribution < 1.29 is 19.1 Å². The number of benzene rings is 1. The van der Waals surface area contributed by atoms with E-state index in [1.54, 1.807) is 6.92 Å². The molecule has 6 heteroatoms. The van der Waals surface area contributed by atoms with Gasteiger partial charge in [0.25, 0.3) is 5.91 Å². The summed E-state index contributed by atoms with van der Waals surface area (Å²) in [6, 6.07) is 3.91. The molecule has 0 aliphatic carbocycles. The van der Waals surface area contributed by atoms with Gasteiger partial charge in [-0.3, -0.25) is 9.59 Å². The van der Waals surface area contributed by atoms with Gasteiger partial charge in [0, 0.05) is 18.1 Å². The Morgan fingerprint density at radius 1 is 1.35 bits per heavy atom. The van der Waals surface area contributed by atoms with Gasteiger partial charge in [0.05, 0.1) is 11.0 Å². The molecule has 0 spiro atoms. The number of nitrogens with zero attached hydrogens (tertiary/aromatic N) is 1. The highest BCUT2D eigenvalue weighted by Gasteiger charge is 2.38. The Morgan fingerprint density at radius 3 is 2.45 bits per heavy atom. The van der Waals surface area contributed by atoms with Gasteiger partial charge in [0.1, 0.15) is 5.82 Å². The van der Waals surface area contributed by atoms with Crippen LogP contribution in [-0.2, 0) is 4.79 Å². The number of hydrogen-bond acceptors (Lipinski definition) is 2. The summed E-state index contributed by atoms with van der Waals surface area (Å²) in [5.74, 6) is -1.94. The lowest BCUT2D eigenvalue weighted by Crippen LogP contribution is -2.45. The van der Waals surface area contributed by atoms with Gasteiger partial charge in [-0.15, -0.1) is 0 Å². The maximum absolute atomic E-state index is 13.7. The first-order chi connectivity index (χ1) is 9.33. The lowest BCUT2D eigenvalue weighted by atomic mass is 9.80. The van der Waals surface area contributed by atoms with E-state index in [4.69, 9.17) is 16.7 Å².